The molecule has 10 heteroatoms. The lowest BCUT2D eigenvalue weighted by atomic mass is 10.1. The first kappa shape index (κ1) is 20.4. The molecule has 0 N–H and O–H groups in total. The Balaban J connectivity index is 1.86. The molecule has 0 atom stereocenters. The monoisotopic (exact) mass is 458 g/mol. The van der Waals surface area contributed by atoms with Crippen molar-refractivity contribution in [1.29, 1.82) is 0 Å². The van der Waals surface area contributed by atoms with Crippen LogP contribution in [0.15, 0.2) is 58.0 Å². The molecular formula is C18H6Cl4O6. The smallest absolute Gasteiger partial charge is 0.239 e. The van der Waals surface area contributed by atoms with Gasteiger partial charge in [-0.05, 0) is 0 Å². The standard InChI is InChI=1S/C18H6Cl4O6/c19-10-1-7(23)3-14(16(10)25)27-9-5-12(21)18(13(22)6-9)28-15-4-8(24)2-11(20)17(15)26/h1-6H. The SMILES string of the molecule is O=C1C=C(Cl)C(=O)C(Oc2cc(Cl)c(OC3=CC(=O)C=C(Cl)C3=O)c(Cl)c2)=C1. The fourth-order valence-corrected chi connectivity index (χ4v) is 3.12. The van der Waals surface area contributed by atoms with E-state index >= 15 is 0 Å². The normalized spacial score (nSPS) is 17.0. The van der Waals surface area contributed by atoms with E-state index in [0.29, 0.717) is 0 Å². The van der Waals surface area contributed by atoms with Crippen LogP contribution in [0.3, 0.4) is 0 Å². The summed E-state index contributed by atoms with van der Waals surface area (Å²) in [6.45, 7) is 0. The predicted octanol–water partition coefficient (Wildman–Crippen LogP) is 4.07. The van der Waals surface area contributed by atoms with Crippen molar-refractivity contribution in [2.24, 2.45) is 0 Å². The lowest BCUT2D eigenvalue weighted by Crippen LogP contribution is -2.16. The number of allylic oxidation sites excluding steroid dienone is 6. The van der Waals surface area contributed by atoms with Gasteiger partial charge in [-0.15, -0.1) is 0 Å². The van der Waals surface area contributed by atoms with E-state index in [1.54, 1.807) is 0 Å². The molecular weight excluding hydrogens is 454 g/mol. The van der Waals surface area contributed by atoms with Gasteiger partial charge >= 0.3 is 0 Å². The molecule has 28 heavy (non-hydrogen) atoms. The Kier molecular flexibility index (Phi) is 5.76. The van der Waals surface area contributed by atoms with Crippen molar-refractivity contribution in [3.8, 4) is 11.5 Å². The third-order valence-corrected chi connectivity index (χ3v) is 4.50. The van der Waals surface area contributed by atoms with Gasteiger partial charge in [0, 0.05) is 36.4 Å². The number of halogens is 4. The highest BCUT2D eigenvalue weighted by Gasteiger charge is 2.26. The molecule has 0 saturated heterocycles. The molecule has 0 amide bonds. The van der Waals surface area contributed by atoms with E-state index in [9.17, 15) is 19.2 Å². The molecule has 0 fully saturated rings. The second-order valence-electron chi connectivity index (χ2n) is 5.38. The quantitative estimate of drug-likeness (QED) is 0.631. The van der Waals surface area contributed by atoms with Crippen LogP contribution in [-0.4, -0.2) is 23.1 Å². The maximum Gasteiger partial charge on any atom is 0.239 e. The van der Waals surface area contributed by atoms with Gasteiger partial charge in [0.25, 0.3) is 0 Å². The van der Waals surface area contributed by atoms with Crippen molar-refractivity contribution in [3.05, 3.63) is 68.1 Å². The first-order valence-electron chi connectivity index (χ1n) is 7.35. The van der Waals surface area contributed by atoms with Crippen molar-refractivity contribution in [1.82, 2.24) is 0 Å². The summed E-state index contributed by atoms with van der Waals surface area (Å²) in [6.07, 6.45) is 3.82. The topological polar surface area (TPSA) is 86.7 Å². The van der Waals surface area contributed by atoms with Gasteiger partial charge in [-0.2, -0.15) is 0 Å². The number of hydrogen-bond acceptors (Lipinski definition) is 6. The highest BCUT2D eigenvalue weighted by atomic mass is 35.5. The zero-order valence-corrected chi connectivity index (χ0v) is 16.4. The zero-order chi connectivity index (χ0) is 20.6. The Morgan fingerprint density at radius 1 is 0.607 bits per heavy atom. The first-order chi connectivity index (χ1) is 13.2. The molecule has 3 rings (SSSR count). The van der Waals surface area contributed by atoms with Gasteiger partial charge in [-0.25, -0.2) is 0 Å². The fraction of sp³-hybridized carbons (Fsp3) is 0. The molecule has 6 nitrogen and oxygen atoms in total. The summed E-state index contributed by atoms with van der Waals surface area (Å²) >= 11 is 23.6. The molecule has 1 aromatic rings. The minimum Gasteiger partial charge on any atom is -0.453 e. The number of benzene rings is 1. The van der Waals surface area contributed by atoms with Gasteiger partial charge in [0.05, 0.1) is 20.1 Å². The lowest BCUT2D eigenvalue weighted by molar-refractivity contribution is -0.116. The number of Topliss-reactive ketones (excluding diaryl/α,β-unsaturated/α-hetero) is 2. The van der Waals surface area contributed by atoms with Crippen molar-refractivity contribution in [2.75, 3.05) is 0 Å². The zero-order valence-electron chi connectivity index (χ0n) is 13.4. The van der Waals surface area contributed by atoms with Crippen molar-refractivity contribution >= 4 is 69.5 Å². The van der Waals surface area contributed by atoms with Gasteiger partial charge in [-0.1, -0.05) is 46.4 Å². The minimum atomic E-state index is -0.716. The number of hydrogen-bond donors (Lipinski definition) is 0. The summed E-state index contributed by atoms with van der Waals surface area (Å²) in [4.78, 5) is 46.9. The molecule has 2 aliphatic rings. The van der Waals surface area contributed by atoms with Crippen LogP contribution >= 0.6 is 46.4 Å². The van der Waals surface area contributed by atoms with Crippen molar-refractivity contribution in [3.63, 3.8) is 0 Å². The maximum atomic E-state index is 12.0. The third kappa shape index (κ3) is 4.20. The van der Waals surface area contributed by atoms with Crippen molar-refractivity contribution in [2.45, 2.75) is 0 Å². The van der Waals surface area contributed by atoms with E-state index < -0.39 is 23.1 Å². The summed E-state index contributed by atoms with van der Waals surface area (Å²) in [5.74, 6) is -3.25. The van der Waals surface area contributed by atoms with Gasteiger partial charge < -0.3 is 9.47 Å². The molecule has 0 spiro atoms. The lowest BCUT2D eigenvalue weighted by Gasteiger charge is -2.16. The third-order valence-electron chi connectivity index (χ3n) is 3.38. The van der Waals surface area contributed by atoms with Gasteiger partial charge in [0.2, 0.25) is 11.6 Å². The molecule has 0 aromatic heterocycles. The Morgan fingerprint density at radius 2 is 1.04 bits per heavy atom. The first-order valence-corrected chi connectivity index (χ1v) is 8.86. The Labute approximate surface area is 177 Å². The maximum absolute atomic E-state index is 12.0. The predicted molar refractivity (Wildman–Crippen MR) is 102 cm³/mol. The summed E-state index contributed by atoms with van der Waals surface area (Å²) < 4.78 is 10.7. The van der Waals surface area contributed by atoms with Crippen LogP contribution in [0.25, 0.3) is 0 Å². The van der Waals surface area contributed by atoms with Crippen LogP contribution in [0.5, 0.6) is 11.5 Å². The highest BCUT2D eigenvalue weighted by molar-refractivity contribution is 6.48. The van der Waals surface area contributed by atoms with E-state index in [1.165, 1.54) is 12.1 Å². The Morgan fingerprint density at radius 3 is 1.50 bits per heavy atom. The van der Waals surface area contributed by atoms with Gasteiger partial charge in [0.1, 0.15) is 5.75 Å². The van der Waals surface area contributed by atoms with E-state index in [-0.39, 0.29) is 43.1 Å². The van der Waals surface area contributed by atoms with E-state index in [4.69, 9.17) is 55.9 Å². The molecule has 0 aliphatic heterocycles. The summed E-state index contributed by atoms with van der Waals surface area (Å²) in [5, 5.41) is -0.790. The summed E-state index contributed by atoms with van der Waals surface area (Å²) in [7, 11) is 0. The van der Waals surface area contributed by atoms with Crippen molar-refractivity contribution < 1.29 is 28.7 Å². The second kappa shape index (κ2) is 7.93. The number of carbonyl (C=O) groups excluding carboxylic acids is 4. The number of carbonyl (C=O) groups is 4. The Bertz CT molecular complexity index is 1050. The van der Waals surface area contributed by atoms with E-state index in [0.717, 1.165) is 24.3 Å². The average molecular weight is 460 g/mol. The number of rotatable bonds is 4. The summed E-state index contributed by atoms with van der Waals surface area (Å²) in [6, 6.07) is 2.47. The number of ether oxygens (including phenoxy) is 2. The summed E-state index contributed by atoms with van der Waals surface area (Å²) in [5.41, 5.74) is 0. The second-order valence-corrected chi connectivity index (χ2v) is 7.01. The highest BCUT2D eigenvalue weighted by Crippen LogP contribution is 2.39. The van der Waals surface area contributed by atoms with Gasteiger partial charge in [0.15, 0.2) is 28.8 Å². The van der Waals surface area contributed by atoms with Crippen LogP contribution in [-0.2, 0) is 19.2 Å². The molecule has 142 valence electrons. The van der Waals surface area contributed by atoms with Gasteiger partial charge in [-0.3, -0.25) is 19.2 Å². The van der Waals surface area contributed by atoms with Crippen LogP contribution in [0, 0.1) is 0 Å². The molecule has 0 saturated carbocycles. The largest absolute Gasteiger partial charge is 0.453 e. The van der Waals surface area contributed by atoms with Crippen LogP contribution < -0.4 is 9.47 Å². The molecule has 0 radical (unpaired) electrons. The molecule has 2 aliphatic carbocycles. The average Bonchev–Trinajstić information content (AvgIpc) is 2.59. The minimum absolute atomic E-state index is 0.0130. The molecule has 0 heterocycles. The molecule has 1 aromatic carbocycles. The molecule has 0 bridgehead atoms. The number of ketones is 4. The fourth-order valence-electron chi connectivity index (χ4n) is 2.17. The van der Waals surface area contributed by atoms with E-state index in [1.807, 2.05) is 0 Å². The van der Waals surface area contributed by atoms with Crippen LogP contribution in [0.4, 0.5) is 0 Å². The molecule has 0 unspecified atom stereocenters. The Hall–Kier alpha value is -2.38. The van der Waals surface area contributed by atoms with E-state index in [2.05, 4.69) is 0 Å². The van der Waals surface area contributed by atoms with Crippen LogP contribution in [0.2, 0.25) is 10.0 Å². The van der Waals surface area contributed by atoms with Crippen LogP contribution in [0.1, 0.15) is 0 Å².